The van der Waals surface area contributed by atoms with Gasteiger partial charge in [-0.1, -0.05) is 6.92 Å². The smallest absolute Gasteiger partial charge is 0.258 e. The minimum Gasteiger partial charge on any atom is -0.481 e. The highest BCUT2D eigenvalue weighted by Gasteiger charge is 2.23. The Balaban J connectivity index is 1.97. The zero-order valence-corrected chi connectivity index (χ0v) is 15.2. The van der Waals surface area contributed by atoms with Crippen LogP contribution in [0.3, 0.4) is 0 Å². The van der Waals surface area contributed by atoms with Crippen molar-refractivity contribution in [1.82, 2.24) is 5.32 Å². The van der Waals surface area contributed by atoms with Crippen LogP contribution >= 0.6 is 31.9 Å². The van der Waals surface area contributed by atoms with Gasteiger partial charge >= 0.3 is 0 Å². The van der Waals surface area contributed by atoms with Crippen LogP contribution in [0.15, 0.2) is 21.1 Å². The molecule has 3 N–H and O–H groups in total. The molecule has 0 saturated heterocycles. The quantitative estimate of drug-likeness (QED) is 0.713. The summed E-state index contributed by atoms with van der Waals surface area (Å²) in [6, 6.07) is 4.49. The highest BCUT2D eigenvalue weighted by molar-refractivity contribution is 9.11. The monoisotopic (exact) mass is 418 g/mol. The zero-order valence-electron chi connectivity index (χ0n) is 12.0. The lowest BCUT2D eigenvalue weighted by atomic mass is 10.0. The lowest BCUT2D eigenvalue weighted by Crippen LogP contribution is -2.30. The normalized spacial score (nSPS) is 15.6. The summed E-state index contributed by atoms with van der Waals surface area (Å²) in [4.78, 5) is 11.7. The van der Waals surface area contributed by atoms with Crippen molar-refractivity contribution in [3.63, 3.8) is 0 Å². The number of nitrogens with two attached hydrogens (primary N) is 1. The molecule has 0 radical (unpaired) electrons. The van der Waals surface area contributed by atoms with Gasteiger partial charge < -0.3 is 15.8 Å². The van der Waals surface area contributed by atoms with Crippen LogP contribution in [0.1, 0.15) is 31.7 Å². The van der Waals surface area contributed by atoms with Crippen LogP contribution in [0.2, 0.25) is 0 Å². The van der Waals surface area contributed by atoms with Gasteiger partial charge in [-0.25, -0.2) is 0 Å². The van der Waals surface area contributed by atoms with E-state index in [0.29, 0.717) is 11.8 Å². The number of amides is 1. The van der Waals surface area contributed by atoms with Gasteiger partial charge in [0.05, 0.1) is 8.95 Å². The average Bonchev–Trinajstić information content (AvgIpc) is 3.21. The molecular formula is C15H20Br2N2O2. The molecule has 0 aromatic heterocycles. The summed E-state index contributed by atoms with van der Waals surface area (Å²) in [5, 5.41) is 2.90. The van der Waals surface area contributed by atoms with Gasteiger partial charge in [0.2, 0.25) is 0 Å². The van der Waals surface area contributed by atoms with Crippen molar-refractivity contribution in [1.29, 1.82) is 0 Å². The van der Waals surface area contributed by atoms with Crippen LogP contribution in [0.25, 0.3) is 0 Å². The Morgan fingerprint density at radius 1 is 1.43 bits per heavy atom. The number of hydrogen-bond donors (Lipinski definition) is 2. The molecule has 1 saturated carbocycles. The molecule has 0 aliphatic heterocycles. The number of carbonyl (C=O) groups is 1. The van der Waals surface area contributed by atoms with Crippen molar-refractivity contribution >= 4 is 37.8 Å². The van der Waals surface area contributed by atoms with E-state index < -0.39 is 0 Å². The first kappa shape index (κ1) is 16.8. The summed E-state index contributed by atoms with van der Waals surface area (Å²) < 4.78 is 7.26. The number of hydrogen-bond acceptors (Lipinski definition) is 3. The lowest BCUT2D eigenvalue weighted by Gasteiger charge is -2.14. The van der Waals surface area contributed by atoms with Crippen molar-refractivity contribution < 1.29 is 9.53 Å². The highest BCUT2D eigenvalue weighted by Crippen LogP contribution is 2.35. The van der Waals surface area contributed by atoms with Crippen LogP contribution < -0.4 is 15.8 Å². The van der Waals surface area contributed by atoms with Crippen LogP contribution in [-0.4, -0.2) is 24.6 Å². The van der Waals surface area contributed by atoms with E-state index in [-0.39, 0.29) is 18.6 Å². The number of rotatable bonds is 7. The Labute approximate surface area is 142 Å². The fourth-order valence-corrected chi connectivity index (χ4v) is 3.46. The second kappa shape index (κ2) is 7.61. The Hall–Kier alpha value is -0.590. The van der Waals surface area contributed by atoms with E-state index in [0.717, 1.165) is 40.2 Å². The van der Waals surface area contributed by atoms with Gasteiger partial charge in [-0.15, -0.1) is 0 Å². The van der Waals surface area contributed by atoms with E-state index in [4.69, 9.17) is 10.5 Å². The molecule has 1 fully saturated rings. The third kappa shape index (κ3) is 5.27. The molecule has 4 nitrogen and oxygen atoms in total. The standard InChI is InChI=1S/C15H20Br2N2O2/c1-2-10(18)5-9-6-12(16)15(13(17)7-9)21-8-14(20)19-11-3-4-11/h6-7,10-11H,2-5,8,18H2,1H3,(H,19,20). The summed E-state index contributed by atoms with van der Waals surface area (Å²) in [5.41, 5.74) is 7.12. The molecule has 2 rings (SSSR count). The van der Waals surface area contributed by atoms with Crippen molar-refractivity contribution in [2.75, 3.05) is 6.61 Å². The highest BCUT2D eigenvalue weighted by atomic mass is 79.9. The van der Waals surface area contributed by atoms with Crippen molar-refractivity contribution in [3.8, 4) is 5.75 Å². The molecule has 21 heavy (non-hydrogen) atoms. The topological polar surface area (TPSA) is 64.3 Å². The zero-order chi connectivity index (χ0) is 15.4. The number of carbonyl (C=O) groups excluding carboxylic acids is 1. The maximum atomic E-state index is 11.7. The molecule has 116 valence electrons. The van der Waals surface area contributed by atoms with Gasteiger partial charge in [0, 0.05) is 12.1 Å². The summed E-state index contributed by atoms with van der Waals surface area (Å²) in [6.07, 6.45) is 3.90. The molecule has 6 heteroatoms. The molecule has 1 aliphatic rings. The number of nitrogens with one attached hydrogen (secondary N) is 1. The van der Waals surface area contributed by atoms with Crippen molar-refractivity contribution in [2.24, 2.45) is 5.73 Å². The van der Waals surface area contributed by atoms with Gasteiger partial charge in [0.1, 0.15) is 5.75 Å². The molecule has 1 aliphatic carbocycles. The first-order chi connectivity index (χ1) is 9.99. The molecule has 0 heterocycles. The molecule has 1 amide bonds. The van der Waals surface area contributed by atoms with Crippen molar-refractivity contribution in [2.45, 2.75) is 44.7 Å². The fraction of sp³-hybridized carbons (Fsp3) is 0.533. The van der Waals surface area contributed by atoms with Crippen LogP contribution in [0.5, 0.6) is 5.75 Å². The van der Waals surface area contributed by atoms with Crippen LogP contribution in [0, 0.1) is 0 Å². The first-order valence-corrected chi connectivity index (χ1v) is 8.73. The molecule has 1 aromatic rings. The first-order valence-electron chi connectivity index (χ1n) is 7.15. The fourth-order valence-electron chi connectivity index (χ4n) is 1.95. The van der Waals surface area contributed by atoms with Gasteiger partial charge in [-0.2, -0.15) is 0 Å². The van der Waals surface area contributed by atoms with E-state index in [1.807, 2.05) is 12.1 Å². The summed E-state index contributed by atoms with van der Waals surface area (Å²) in [7, 11) is 0. The average molecular weight is 420 g/mol. The maximum absolute atomic E-state index is 11.7. The number of benzene rings is 1. The Bertz CT molecular complexity index is 495. The van der Waals surface area contributed by atoms with Gasteiger partial charge in [0.25, 0.3) is 5.91 Å². The summed E-state index contributed by atoms with van der Waals surface area (Å²) in [6.45, 7) is 2.10. The van der Waals surface area contributed by atoms with E-state index in [9.17, 15) is 4.79 Å². The summed E-state index contributed by atoms with van der Waals surface area (Å²) >= 11 is 6.99. The van der Waals surface area contributed by atoms with Crippen molar-refractivity contribution in [3.05, 3.63) is 26.6 Å². The Morgan fingerprint density at radius 2 is 2.05 bits per heavy atom. The molecule has 1 aromatic carbocycles. The second-order valence-corrected chi connectivity index (χ2v) is 7.10. The van der Waals surface area contributed by atoms with Crippen LogP contribution in [0.4, 0.5) is 0 Å². The predicted molar refractivity (Wildman–Crippen MR) is 90.5 cm³/mol. The van der Waals surface area contributed by atoms with E-state index in [1.54, 1.807) is 0 Å². The van der Waals surface area contributed by atoms with E-state index in [1.165, 1.54) is 0 Å². The largest absolute Gasteiger partial charge is 0.481 e. The van der Waals surface area contributed by atoms with Gasteiger partial charge in [-0.3, -0.25) is 4.79 Å². The lowest BCUT2D eigenvalue weighted by molar-refractivity contribution is -0.123. The van der Waals surface area contributed by atoms with Crippen LogP contribution in [-0.2, 0) is 11.2 Å². The number of halogens is 2. The molecule has 0 spiro atoms. The molecule has 1 atom stereocenters. The van der Waals surface area contributed by atoms with Gasteiger partial charge in [-0.05, 0) is 75.2 Å². The predicted octanol–water partition coefficient (Wildman–Crippen LogP) is 3.15. The Morgan fingerprint density at radius 3 is 2.57 bits per heavy atom. The molecule has 0 bridgehead atoms. The molecule has 1 unspecified atom stereocenters. The second-order valence-electron chi connectivity index (χ2n) is 5.39. The summed E-state index contributed by atoms with van der Waals surface area (Å²) in [5.74, 6) is 0.572. The van der Waals surface area contributed by atoms with Gasteiger partial charge in [0.15, 0.2) is 6.61 Å². The number of ether oxygens (including phenoxy) is 1. The molecular weight excluding hydrogens is 400 g/mol. The minimum atomic E-state index is -0.0756. The van der Waals surface area contributed by atoms with E-state index in [2.05, 4.69) is 44.1 Å². The Kier molecular flexibility index (Phi) is 6.08. The third-order valence-electron chi connectivity index (χ3n) is 3.37. The maximum Gasteiger partial charge on any atom is 0.258 e. The SMILES string of the molecule is CCC(N)Cc1cc(Br)c(OCC(=O)NC2CC2)c(Br)c1. The third-order valence-corrected chi connectivity index (χ3v) is 4.55. The minimum absolute atomic E-state index is 0.0293. The van der Waals surface area contributed by atoms with E-state index >= 15 is 0 Å².